The summed E-state index contributed by atoms with van der Waals surface area (Å²) in [5.74, 6) is -0.362. The van der Waals surface area contributed by atoms with E-state index in [1.54, 1.807) is 23.9 Å². The summed E-state index contributed by atoms with van der Waals surface area (Å²) in [5, 5.41) is 0. The summed E-state index contributed by atoms with van der Waals surface area (Å²) >= 11 is 0. The molecule has 4 nitrogen and oxygen atoms in total. The van der Waals surface area contributed by atoms with Crippen molar-refractivity contribution in [2.45, 2.75) is 45.1 Å². The predicted molar refractivity (Wildman–Crippen MR) is 67.7 cm³/mol. The Morgan fingerprint density at radius 2 is 1.94 bits per heavy atom. The molecule has 1 heterocycles. The van der Waals surface area contributed by atoms with Crippen LogP contribution in [0.25, 0.3) is 0 Å². The summed E-state index contributed by atoms with van der Waals surface area (Å²) < 4.78 is 7.13. The van der Waals surface area contributed by atoms with Crippen LogP contribution in [0.1, 0.15) is 59.9 Å². The number of nitrogens with zero attached hydrogens (tertiary/aromatic N) is 1. The van der Waals surface area contributed by atoms with E-state index in [-0.39, 0.29) is 17.9 Å². The fourth-order valence-electron chi connectivity index (χ4n) is 2.35. The molecule has 1 fully saturated rings. The van der Waals surface area contributed by atoms with Gasteiger partial charge in [-0.25, -0.2) is 4.79 Å². The lowest BCUT2D eigenvalue weighted by Crippen LogP contribution is -2.22. The van der Waals surface area contributed by atoms with E-state index in [9.17, 15) is 9.59 Å². The average molecular weight is 249 g/mol. The monoisotopic (exact) mass is 249 g/mol. The zero-order valence-electron chi connectivity index (χ0n) is 10.9. The summed E-state index contributed by atoms with van der Waals surface area (Å²) in [4.78, 5) is 23.3. The van der Waals surface area contributed by atoms with E-state index in [0.29, 0.717) is 11.3 Å². The lowest BCUT2D eigenvalue weighted by atomic mass is 9.98. The van der Waals surface area contributed by atoms with Crippen molar-refractivity contribution in [2.75, 3.05) is 0 Å². The number of aryl methyl sites for hydroxylation is 1. The van der Waals surface area contributed by atoms with Gasteiger partial charge in [0, 0.05) is 18.8 Å². The number of esters is 1. The molecule has 0 N–H and O–H groups in total. The highest BCUT2D eigenvalue weighted by Gasteiger charge is 2.21. The van der Waals surface area contributed by atoms with Crippen LogP contribution in [0.15, 0.2) is 12.3 Å². The largest absolute Gasteiger partial charge is 0.458 e. The number of ketones is 1. The minimum absolute atomic E-state index is 0.0395. The lowest BCUT2D eigenvalue weighted by molar-refractivity contribution is 0.0200. The Hall–Kier alpha value is -1.58. The number of hydrogen-bond acceptors (Lipinski definition) is 3. The Morgan fingerprint density at radius 3 is 2.50 bits per heavy atom. The lowest BCUT2D eigenvalue weighted by Gasteiger charge is -2.21. The smallest absolute Gasteiger partial charge is 0.355 e. The number of aromatic nitrogens is 1. The van der Waals surface area contributed by atoms with Gasteiger partial charge in [-0.15, -0.1) is 0 Å². The van der Waals surface area contributed by atoms with E-state index in [4.69, 9.17) is 4.74 Å². The Labute approximate surface area is 107 Å². The van der Waals surface area contributed by atoms with Gasteiger partial charge in [0.25, 0.3) is 0 Å². The SMILES string of the molecule is CC(=O)c1cc(C(=O)OC2CCCCC2)n(C)c1. The van der Waals surface area contributed by atoms with Crippen LogP contribution in [0.4, 0.5) is 0 Å². The van der Waals surface area contributed by atoms with E-state index in [2.05, 4.69) is 0 Å². The molecule has 1 aromatic heterocycles. The van der Waals surface area contributed by atoms with Gasteiger partial charge in [-0.05, 0) is 38.7 Å². The molecule has 0 saturated heterocycles. The highest BCUT2D eigenvalue weighted by molar-refractivity contribution is 5.97. The molecule has 0 atom stereocenters. The van der Waals surface area contributed by atoms with E-state index in [0.717, 1.165) is 25.7 Å². The van der Waals surface area contributed by atoms with Crippen molar-refractivity contribution in [3.63, 3.8) is 0 Å². The minimum Gasteiger partial charge on any atom is -0.458 e. The third-order valence-electron chi connectivity index (χ3n) is 3.45. The third kappa shape index (κ3) is 2.81. The maximum absolute atomic E-state index is 12.0. The minimum atomic E-state index is -0.322. The highest BCUT2D eigenvalue weighted by Crippen LogP contribution is 2.21. The molecule has 0 spiro atoms. The van der Waals surface area contributed by atoms with Gasteiger partial charge >= 0.3 is 5.97 Å². The fourth-order valence-corrected chi connectivity index (χ4v) is 2.35. The van der Waals surface area contributed by atoms with Gasteiger partial charge in [0.2, 0.25) is 0 Å². The number of carbonyl (C=O) groups excluding carboxylic acids is 2. The molecule has 18 heavy (non-hydrogen) atoms. The van der Waals surface area contributed by atoms with E-state index >= 15 is 0 Å². The number of rotatable bonds is 3. The average Bonchev–Trinajstić information content (AvgIpc) is 2.73. The zero-order valence-corrected chi connectivity index (χ0v) is 10.9. The third-order valence-corrected chi connectivity index (χ3v) is 3.45. The van der Waals surface area contributed by atoms with Gasteiger partial charge in [-0.1, -0.05) is 6.42 Å². The maximum atomic E-state index is 12.0. The second kappa shape index (κ2) is 5.38. The highest BCUT2D eigenvalue weighted by atomic mass is 16.5. The number of hydrogen-bond donors (Lipinski definition) is 0. The first-order valence-electron chi connectivity index (χ1n) is 6.46. The van der Waals surface area contributed by atoms with Crippen LogP contribution in [0.5, 0.6) is 0 Å². The molecule has 98 valence electrons. The number of carbonyl (C=O) groups is 2. The van der Waals surface area contributed by atoms with Crippen molar-refractivity contribution >= 4 is 11.8 Å². The maximum Gasteiger partial charge on any atom is 0.355 e. The molecular weight excluding hydrogens is 230 g/mol. The van der Waals surface area contributed by atoms with Crippen LogP contribution < -0.4 is 0 Å². The van der Waals surface area contributed by atoms with Gasteiger partial charge in [-0.3, -0.25) is 4.79 Å². The van der Waals surface area contributed by atoms with E-state index in [1.165, 1.54) is 13.3 Å². The first-order valence-corrected chi connectivity index (χ1v) is 6.46. The van der Waals surface area contributed by atoms with Gasteiger partial charge in [-0.2, -0.15) is 0 Å². The van der Waals surface area contributed by atoms with Crippen LogP contribution in [0, 0.1) is 0 Å². The predicted octanol–water partition coefficient (Wildman–Crippen LogP) is 2.72. The Balaban J connectivity index is 2.06. The second-order valence-corrected chi connectivity index (χ2v) is 4.95. The standard InChI is InChI=1S/C14H19NO3/c1-10(16)11-8-13(15(2)9-11)14(17)18-12-6-4-3-5-7-12/h8-9,12H,3-7H2,1-2H3. The second-order valence-electron chi connectivity index (χ2n) is 4.95. The van der Waals surface area contributed by atoms with E-state index in [1.807, 2.05) is 0 Å². The number of Topliss-reactive ketones (excluding diaryl/α,β-unsaturated/α-hetero) is 1. The topological polar surface area (TPSA) is 48.3 Å². The number of ether oxygens (including phenoxy) is 1. The molecule has 0 radical (unpaired) electrons. The van der Waals surface area contributed by atoms with Gasteiger partial charge in [0.15, 0.2) is 5.78 Å². The van der Waals surface area contributed by atoms with Crippen molar-refractivity contribution in [1.29, 1.82) is 0 Å². The quantitative estimate of drug-likeness (QED) is 0.611. The van der Waals surface area contributed by atoms with Crippen molar-refractivity contribution in [2.24, 2.45) is 7.05 Å². The van der Waals surface area contributed by atoms with Gasteiger partial charge in [0.1, 0.15) is 11.8 Å². The molecular formula is C14H19NO3. The fraction of sp³-hybridized carbons (Fsp3) is 0.571. The first kappa shape index (κ1) is 12.9. The van der Waals surface area contributed by atoms with Crippen LogP contribution in [0.2, 0.25) is 0 Å². The molecule has 1 aromatic rings. The molecule has 1 aliphatic carbocycles. The molecule has 1 aliphatic rings. The molecule has 4 heteroatoms. The summed E-state index contributed by atoms with van der Waals surface area (Å²) in [6, 6.07) is 1.60. The Morgan fingerprint density at radius 1 is 1.28 bits per heavy atom. The van der Waals surface area contributed by atoms with E-state index < -0.39 is 0 Å². The molecule has 1 saturated carbocycles. The first-order chi connectivity index (χ1) is 8.58. The van der Waals surface area contributed by atoms with Crippen molar-refractivity contribution in [3.05, 3.63) is 23.5 Å². The van der Waals surface area contributed by atoms with Crippen LogP contribution in [0.3, 0.4) is 0 Å². The molecule has 0 unspecified atom stereocenters. The van der Waals surface area contributed by atoms with Crippen molar-refractivity contribution < 1.29 is 14.3 Å². The molecule has 0 aromatic carbocycles. The summed E-state index contributed by atoms with van der Waals surface area (Å²) in [6.45, 7) is 1.49. The molecule has 0 bridgehead atoms. The molecule has 2 rings (SSSR count). The summed E-state index contributed by atoms with van der Waals surface area (Å²) in [7, 11) is 1.75. The Bertz CT molecular complexity index is 456. The van der Waals surface area contributed by atoms with Crippen LogP contribution >= 0.6 is 0 Å². The summed E-state index contributed by atoms with van der Waals surface area (Å²) in [5.41, 5.74) is 0.999. The molecule has 0 amide bonds. The molecule has 0 aliphatic heterocycles. The summed E-state index contributed by atoms with van der Waals surface area (Å²) in [6.07, 6.45) is 7.10. The van der Waals surface area contributed by atoms with Gasteiger partial charge in [0.05, 0.1) is 0 Å². The van der Waals surface area contributed by atoms with Crippen LogP contribution in [-0.4, -0.2) is 22.4 Å². The van der Waals surface area contributed by atoms with Crippen molar-refractivity contribution in [3.8, 4) is 0 Å². The zero-order chi connectivity index (χ0) is 13.1. The normalized spacial score (nSPS) is 16.6. The van der Waals surface area contributed by atoms with Crippen LogP contribution in [-0.2, 0) is 11.8 Å². The van der Waals surface area contributed by atoms with Gasteiger partial charge < -0.3 is 9.30 Å². The Kier molecular flexibility index (Phi) is 3.84. The van der Waals surface area contributed by atoms with Crippen molar-refractivity contribution in [1.82, 2.24) is 4.57 Å².